The molecule has 3 rings (SSSR count). The minimum Gasteiger partial charge on any atom is -0.389 e. The van der Waals surface area contributed by atoms with Gasteiger partial charge in [-0.2, -0.15) is 0 Å². The first kappa shape index (κ1) is 17.4. The molecule has 3 aromatic rings. The molecule has 0 amide bonds. The fourth-order valence-corrected chi connectivity index (χ4v) is 3.36. The number of nitrogens with one attached hydrogen (secondary N) is 1. The number of aromatic nitrogens is 2. The Morgan fingerprint density at radius 3 is 2.52 bits per heavy atom. The number of likely N-dealkylation sites (N-methyl/N-ethyl adjacent to an activating group) is 1. The Hall–Kier alpha value is -2.44. The minimum absolute atomic E-state index is 0.215. The lowest BCUT2D eigenvalue weighted by Gasteiger charge is -2.25. The molecule has 2 atom stereocenters. The molecule has 0 fully saturated rings. The molecule has 0 aliphatic carbocycles. The molecule has 0 saturated carbocycles. The number of fused-ring (bicyclic) bond motifs is 1. The third-order valence-corrected chi connectivity index (χ3v) is 4.43. The third-order valence-electron chi connectivity index (χ3n) is 4.43. The van der Waals surface area contributed by atoms with Gasteiger partial charge in [-0.15, -0.1) is 0 Å². The molecule has 0 unspecified atom stereocenters. The van der Waals surface area contributed by atoms with E-state index in [1.165, 1.54) is 12.1 Å². The van der Waals surface area contributed by atoms with Gasteiger partial charge in [0.2, 0.25) is 0 Å². The molecule has 0 saturated heterocycles. The molecule has 0 aliphatic heterocycles. The van der Waals surface area contributed by atoms with Crippen molar-refractivity contribution >= 4 is 11.0 Å². The molecule has 2 aromatic carbocycles. The van der Waals surface area contributed by atoms with Gasteiger partial charge in [-0.05, 0) is 43.8 Å². The summed E-state index contributed by atoms with van der Waals surface area (Å²) in [6.07, 6.45) is -0.888. The molecule has 132 valence electrons. The van der Waals surface area contributed by atoms with Gasteiger partial charge in [0.05, 0.1) is 23.2 Å². The number of aliphatic hydroxyl groups excluding tert-OH is 1. The van der Waals surface area contributed by atoms with Crippen LogP contribution in [0.3, 0.4) is 0 Å². The van der Waals surface area contributed by atoms with E-state index in [9.17, 15) is 14.3 Å². The van der Waals surface area contributed by atoms with E-state index in [4.69, 9.17) is 0 Å². The van der Waals surface area contributed by atoms with Crippen LogP contribution in [0, 0.1) is 5.82 Å². The number of aliphatic hydroxyl groups is 1. The Balaban J connectivity index is 2.29. The van der Waals surface area contributed by atoms with Crippen LogP contribution in [-0.4, -0.2) is 33.9 Å². The fourth-order valence-electron chi connectivity index (χ4n) is 3.36. The minimum atomic E-state index is -0.888. The lowest BCUT2D eigenvalue weighted by molar-refractivity contribution is 0.130. The van der Waals surface area contributed by atoms with E-state index in [0.29, 0.717) is 12.1 Å². The molecule has 0 bridgehead atoms. The second kappa shape index (κ2) is 7.21. The van der Waals surface area contributed by atoms with Gasteiger partial charge in [0.15, 0.2) is 0 Å². The maximum absolute atomic E-state index is 13.8. The normalized spacial score (nSPS) is 13.9. The van der Waals surface area contributed by atoms with Crippen molar-refractivity contribution in [2.75, 3.05) is 13.6 Å². The molecule has 0 radical (unpaired) electrons. The summed E-state index contributed by atoms with van der Waals surface area (Å²) in [4.78, 5) is 13.0. The van der Waals surface area contributed by atoms with Gasteiger partial charge in [-0.1, -0.05) is 24.3 Å². The zero-order valence-corrected chi connectivity index (χ0v) is 14.3. The summed E-state index contributed by atoms with van der Waals surface area (Å²) < 4.78 is 17.0. The predicted octanol–water partition coefficient (Wildman–Crippen LogP) is 2.13. The molecule has 2 N–H and O–H groups in total. The Morgan fingerprint density at radius 2 is 1.88 bits per heavy atom. The number of aryl methyl sites for hydroxylation is 1. The molecule has 1 aromatic heterocycles. The van der Waals surface area contributed by atoms with E-state index in [1.54, 1.807) is 28.3 Å². The Morgan fingerprint density at radius 1 is 1.16 bits per heavy atom. The highest BCUT2D eigenvalue weighted by Gasteiger charge is 2.27. The van der Waals surface area contributed by atoms with Gasteiger partial charge in [0.25, 0.3) is 0 Å². The van der Waals surface area contributed by atoms with E-state index in [-0.39, 0.29) is 12.2 Å². The van der Waals surface area contributed by atoms with Crippen LogP contribution in [0.15, 0.2) is 53.3 Å². The molecular weight excluding hydrogens is 321 g/mol. The summed E-state index contributed by atoms with van der Waals surface area (Å²) in [5, 5.41) is 13.6. The summed E-state index contributed by atoms with van der Waals surface area (Å²) in [7, 11) is 1.73. The van der Waals surface area contributed by atoms with E-state index in [1.807, 2.05) is 31.2 Å². The van der Waals surface area contributed by atoms with E-state index >= 15 is 0 Å². The number of hydrogen-bond acceptors (Lipinski definition) is 3. The van der Waals surface area contributed by atoms with Crippen LogP contribution >= 0.6 is 0 Å². The molecule has 1 heterocycles. The van der Waals surface area contributed by atoms with Crippen LogP contribution < -0.4 is 11.0 Å². The number of rotatable bonds is 6. The summed E-state index contributed by atoms with van der Waals surface area (Å²) in [5.74, 6) is -0.397. The van der Waals surface area contributed by atoms with Crippen molar-refractivity contribution in [3.8, 4) is 0 Å². The monoisotopic (exact) mass is 343 g/mol. The van der Waals surface area contributed by atoms with Gasteiger partial charge >= 0.3 is 5.69 Å². The van der Waals surface area contributed by atoms with Crippen LogP contribution in [-0.2, 0) is 6.54 Å². The molecule has 6 heteroatoms. The number of benzene rings is 2. The summed E-state index contributed by atoms with van der Waals surface area (Å²) >= 11 is 0. The highest BCUT2D eigenvalue weighted by molar-refractivity contribution is 5.76. The van der Waals surface area contributed by atoms with Crippen molar-refractivity contribution in [1.29, 1.82) is 0 Å². The number of imidazole rings is 1. The Kier molecular flexibility index (Phi) is 5.01. The lowest BCUT2D eigenvalue weighted by Crippen LogP contribution is -2.38. The van der Waals surface area contributed by atoms with Crippen molar-refractivity contribution in [1.82, 2.24) is 14.5 Å². The van der Waals surface area contributed by atoms with Crippen LogP contribution in [0.2, 0.25) is 0 Å². The van der Waals surface area contributed by atoms with Gasteiger partial charge in [-0.25, -0.2) is 9.18 Å². The van der Waals surface area contributed by atoms with Gasteiger partial charge < -0.3 is 10.4 Å². The van der Waals surface area contributed by atoms with Crippen LogP contribution in [0.25, 0.3) is 11.0 Å². The zero-order valence-electron chi connectivity index (χ0n) is 14.3. The average molecular weight is 343 g/mol. The molecule has 0 aliphatic rings. The molecule has 0 spiro atoms. The number of para-hydroxylation sites is 2. The highest BCUT2D eigenvalue weighted by Crippen LogP contribution is 2.26. The van der Waals surface area contributed by atoms with Crippen LogP contribution in [0.1, 0.15) is 18.5 Å². The van der Waals surface area contributed by atoms with Crippen molar-refractivity contribution < 1.29 is 9.50 Å². The van der Waals surface area contributed by atoms with Gasteiger partial charge in [-0.3, -0.25) is 9.13 Å². The second-order valence-corrected chi connectivity index (χ2v) is 6.01. The summed E-state index contributed by atoms with van der Waals surface area (Å²) in [5.41, 5.74) is 1.86. The fraction of sp³-hybridized carbons (Fsp3) is 0.316. The topological polar surface area (TPSA) is 59.2 Å². The third kappa shape index (κ3) is 3.10. The van der Waals surface area contributed by atoms with E-state index in [2.05, 4.69) is 5.32 Å². The molecule has 25 heavy (non-hydrogen) atoms. The van der Waals surface area contributed by atoms with Gasteiger partial charge in [0.1, 0.15) is 5.82 Å². The first-order valence-corrected chi connectivity index (χ1v) is 8.36. The standard InChI is InChI=1S/C19H22FN3O2/c1-3-22-15-9-4-5-10-16(15)23(19(22)25)18(17(24)12-21-2)13-7-6-8-14(20)11-13/h4-11,17-18,21,24H,3,12H2,1-2H3/t17-,18-/m0/s1. The first-order valence-electron chi connectivity index (χ1n) is 8.36. The highest BCUT2D eigenvalue weighted by atomic mass is 19.1. The molecule has 5 nitrogen and oxygen atoms in total. The maximum Gasteiger partial charge on any atom is 0.329 e. The Bertz CT molecular complexity index is 932. The van der Waals surface area contributed by atoms with Crippen molar-refractivity contribution in [2.24, 2.45) is 0 Å². The predicted molar refractivity (Wildman–Crippen MR) is 96.3 cm³/mol. The lowest BCUT2D eigenvalue weighted by atomic mass is 10.0. The van der Waals surface area contributed by atoms with Crippen molar-refractivity contribution in [3.63, 3.8) is 0 Å². The zero-order chi connectivity index (χ0) is 18.0. The smallest absolute Gasteiger partial charge is 0.329 e. The Labute approximate surface area is 145 Å². The summed E-state index contributed by atoms with van der Waals surface area (Å²) in [6.45, 7) is 2.70. The average Bonchev–Trinajstić information content (AvgIpc) is 2.87. The second-order valence-electron chi connectivity index (χ2n) is 6.01. The largest absolute Gasteiger partial charge is 0.389 e. The quantitative estimate of drug-likeness (QED) is 0.721. The van der Waals surface area contributed by atoms with Crippen molar-refractivity contribution in [2.45, 2.75) is 25.6 Å². The van der Waals surface area contributed by atoms with Crippen molar-refractivity contribution in [3.05, 3.63) is 70.4 Å². The van der Waals surface area contributed by atoms with E-state index < -0.39 is 18.0 Å². The SMILES string of the molecule is CCn1c(=O)n([C@@H](c2cccc(F)c2)[C@@H](O)CNC)c2ccccc21. The number of hydrogen-bond donors (Lipinski definition) is 2. The molecular formula is C19H22FN3O2. The summed E-state index contributed by atoms with van der Waals surface area (Å²) in [6, 6.07) is 12.8. The van der Waals surface area contributed by atoms with Crippen LogP contribution in [0.5, 0.6) is 0 Å². The number of nitrogens with zero attached hydrogens (tertiary/aromatic N) is 2. The van der Waals surface area contributed by atoms with Gasteiger partial charge in [0, 0.05) is 13.1 Å². The van der Waals surface area contributed by atoms with Crippen LogP contribution in [0.4, 0.5) is 4.39 Å². The first-order chi connectivity index (χ1) is 12.1. The maximum atomic E-state index is 13.8. The number of halogens is 1. The van der Waals surface area contributed by atoms with E-state index in [0.717, 1.165) is 11.0 Å².